The van der Waals surface area contributed by atoms with Gasteiger partial charge in [0, 0.05) is 0 Å². The summed E-state index contributed by atoms with van der Waals surface area (Å²) >= 11 is 0. The van der Waals surface area contributed by atoms with E-state index in [4.69, 9.17) is 0 Å². The number of aromatic nitrogens is 4. The molecule has 0 fully saturated rings. The Balaban J connectivity index is 2.20. The van der Waals surface area contributed by atoms with Crippen molar-refractivity contribution in [1.82, 2.24) is 19.3 Å². The lowest BCUT2D eigenvalue weighted by Gasteiger charge is -2.32. The van der Waals surface area contributed by atoms with Crippen molar-refractivity contribution < 1.29 is 31.4 Å². The van der Waals surface area contributed by atoms with Crippen molar-refractivity contribution in [2.24, 2.45) is 0 Å². The Morgan fingerprint density at radius 3 is 2.36 bits per heavy atom. The number of rotatable bonds is 2. The molecular formula is C14H14F6N4O. The summed E-state index contributed by atoms with van der Waals surface area (Å²) in [4.78, 5) is 3.68. The minimum absolute atomic E-state index is 0.00810. The lowest BCUT2D eigenvalue weighted by atomic mass is 10.0. The topological polar surface area (TPSA) is 55.9 Å². The first-order chi connectivity index (χ1) is 11.4. The average Bonchev–Trinajstić information content (AvgIpc) is 3.08. The Morgan fingerprint density at radius 1 is 1.20 bits per heavy atom. The molecule has 3 heterocycles. The molecule has 1 N–H and O–H groups in total. The first-order valence-corrected chi connectivity index (χ1v) is 7.40. The summed E-state index contributed by atoms with van der Waals surface area (Å²) < 4.78 is 80.5. The SMILES string of the molecule is CC[C@H]1Cn2nc(C(F)(F)F)cc2-c2cnc([C@@](C)(O)C(F)(F)F)n21. The van der Waals surface area contributed by atoms with Crippen LogP contribution in [0.15, 0.2) is 12.3 Å². The van der Waals surface area contributed by atoms with Crippen LogP contribution in [0.3, 0.4) is 0 Å². The van der Waals surface area contributed by atoms with Crippen molar-refractivity contribution in [2.75, 3.05) is 0 Å². The summed E-state index contributed by atoms with van der Waals surface area (Å²) in [6.07, 6.45) is -8.30. The molecule has 0 radical (unpaired) electrons. The van der Waals surface area contributed by atoms with Crippen LogP contribution in [-0.2, 0) is 18.3 Å². The quantitative estimate of drug-likeness (QED) is 0.826. The van der Waals surface area contributed by atoms with Crippen LogP contribution in [0.25, 0.3) is 11.4 Å². The second-order valence-electron chi connectivity index (χ2n) is 6.06. The standard InChI is InChI=1S/C14H14F6N4O/c1-3-7-6-23-8(4-10(22-23)13(15,16)17)9-5-21-11(24(7)9)12(2,25)14(18,19)20/h4-5,7,25H,3,6H2,1-2H3/t7-,12+/m0/s1. The third-order valence-electron chi connectivity index (χ3n) is 4.34. The Hall–Kier alpha value is -2.04. The van der Waals surface area contributed by atoms with E-state index < -0.39 is 35.5 Å². The second kappa shape index (κ2) is 5.23. The predicted octanol–water partition coefficient (Wildman–Crippen LogP) is 3.50. The molecule has 25 heavy (non-hydrogen) atoms. The van der Waals surface area contributed by atoms with E-state index in [9.17, 15) is 31.4 Å². The number of aliphatic hydroxyl groups is 1. The van der Waals surface area contributed by atoms with Crippen LogP contribution >= 0.6 is 0 Å². The molecule has 0 bridgehead atoms. The maximum atomic E-state index is 13.2. The van der Waals surface area contributed by atoms with E-state index in [-0.39, 0.29) is 17.9 Å². The predicted molar refractivity (Wildman–Crippen MR) is 73.4 cm³/mol. The Bertz CT molecular complexity index is 801. The summed E-state index contributed by atoms with van der Waals surface area (Å²) in [6, 6.07) is 0.153. The van der Waals surface area contributed by atoms with Gasteiger partial charge in [0.05, 0.1) is 30.2 Å². The van der Waals surface area contributed by atoms with Gasteiger partial charge in [-0.1, -0.05) is 6.92 Å². The van der Waals surface area contributed by atoms with Gasteiger partial charge >= 0.3 is 12.4 Å². The molecule has 1 aliphatic heterocycles. The molecule has 1 aliphatic rings. The van der Waals surface area contributed by atoms with E-state index in [1.165, 1.54) is 0 Å². The van der Waals surface area contributed by atoms with E-state index in [1.807, 2.05) is 0 Å². The highest BCUT2D eigenvalue weighted by atomic mass is 19.4. The van der Waals surface area contributed by atoms with Gasteiger partial charge in [-0.3, -0.25) is 4.68 Å². The molecule has 0 saturated heterocycles. The van der Waals surface area contributed by atoms with Crippen molar-refractivity contribution in [2.45, 2.75) is 50.8 Å². The van der Waals surface area contributed by atoms with Crippen LogP contribution in [0.4, 0.5) is 26.3 Å². The molecule has 2 atom stereocenters. The Morgan fingerprint density at radius 2 is 1.84 bits per heavy atom. The van der Waals surface area contributed by atoms with Crippen LogP contribution in [0.5, 0.6) is 0 Å². The molecular weight excluding hydrogens is 354 g/mol. The van der Waals surface area contributed by atoms with Gasteiger partial charge in [-0.15, -0.1) is 0 Å². The third kappa shape index (κ3) is 2.60. The monoisotopic (exact) mass is 368 g/mol. The highest BCUT2D eigenvalue weighted by Gasteiger charge is 2.55. The molecule has 0 aliphatic carbocycles. The molecule has 0 unspecified atom stereocenters. The van der Waals surface area contributed by atoms with Gasteiger partial charge in [0.15, 0.2) is 11.5 Å². The van der Waals surface area contributed by atoms with E-state index in [2.05, 4.69) is 10.1 Å². The Kier molecular flexibility index (Phi) is 3.72. The summed E-state index contributed by atoms with van der Waals surface area (Å²) in [5.41, 5.74) is -4.29. The highest BCUT2D eigenvalue weighted by molar-refractivity contribution is 5.58. The zero-order chi connectivity index (χ0) is 18.8. The van der Waals surface area contributed by atoms with E-state index >= 15 is 0 Å². The number of hydrogen-bond donors (Lipinski definition) is 1. The van der Waals surface area contributed by atoms with Gasteiger partial charge in [0.1, 0.15) is 0 Å². The van der Waals surface area contributed by atoms with Gasteiger partial charge in [-0.05, 0) is 19.4 Å². The summed E-state index contributed by atoms with van der Waals surface area (Å²) in [5.74, 6) is -0.650. The van der Waals surface area contributed by atoms with Crippen LogP contribution in [-0.4, -0.2) is 30.6 Å². The van der Waals surface area contributed by atoms with E-state index in [0.717, 1.165) is 21.5 Å². The summed E-state index contributed by atoms with van der Waals surface area (Å²) in [5, 5.41) is 13.5. The average molecular weight is 368 g/mol. The number of fused-ring (bicyclic) bond motifs is 3. The van der Waals surface area contributed by atoms with Gasteiger partial charge in [0.25, 0.3) is 0 Å². The van der Waals surface area contributed by atoms with Crippen molar-refractivity contribution >= 4 is 0 Å². The fraction of sp³-hybridized carbons (Fsp3) is 0.571. The Labute approximate surface area is 137 Å². The molecule has 0 spiro atoms. The number of nitrogens with zero attached hydrogens (tertiary/aromatic N) is 4. The molecule has 0 amide bonds. The first-order valence-electron chi connectivity index (χ1n) is 7.40. The maximum absolute atomic E-state index is 13.2. The van der Waals surface area contributed by atoms with Gasteiger partial charge < -0.3 is 9.67 Å². The minimum atomic E-state index is -4.98. The molecule has 138 valence electrons. The van der Waals surface area contributed by atoms with Crippen LogP contribution in [0.2, 0.25) is 0 Å². The fourth-order valence-corrected chi connectivity index (χ4v) is 2.90. The van der Waals surface area contributed by atoms with Gasteiger partial charge in [-0.25, -0.2) is 4.98 Å². The van der Waals surface area contributed by atoms with Gasteiger partial charge in [0.2, 0.25) is 5.60 Å². The molecule has 0 saturated carbocycles. The van der Waals surface area contributed by atoms with E-state index in [1.54, 1.807) is 6.92 Å². The summed E-state index contributed by atoms with van der Waals surface area (Å²) in [7, 11) is 0. The normalized spacial score (nSPS) is 20.1. The highest BCUT2D eigenvalue weighted by Crippen LogP contribution is 2.43. The smallest absolute Gasteiger partial charge is 0.374 e. The number of imidazole rings is 1. The van der Waals surface area contributed by atoms with E-state index in [0.29, 0.717) is 13.3 Å². The first kappa shape index (κ1) is 17.8. The number of halogens is 6. The van der Waals surface area contributed by atoms with Crippen molar-refractivity contribution in [3.63, 3.8) is 0 Å². The van der Waals surface area contributed by atoms with Crippen molar-refractivity contribution in [3.05, 3.63) is 23.8 Å². The lowest BCUT2D eigenvalue weighted by molar-refractivity contribution is -0.263. The fourth-order valence-electron chi connectivity index (χ4n) is 2.90. The third-order valence-corrected chi connectivity index (χ3v) is 4.34. The molecule has 2 aromatic rings. The largest absolute Gasteiger partial charge is 0.435 e. The maximum Gasteiger partial charge on any atom is 0.435 e. The van der Waals surface area contributed by atoms with Crippen LogP contribution in [0.1, 0.15) is 37.8 Å². The lowest BCUT2D eigenvalue weighted by Crippen LogP contribution is -2.43. The number of hydrogen-bond acceptors (Lipinski definition) is 3. The zero-order valence-electron chi connectivity index (χ0n) is 13.2. The summed E-state index contributed by atoms with van der Waals surface area (Å²) in [6.45, 7) is 2.20. The van der Waals surface area contributed by atoms with Crippen LogP contribution < -0.4 is 0 Å². The zero-order valence-corrected chi connectivity index (χ0v) is 13.2. The molecule has 2 aromatic heterocycles. The minimum Gasteiger partial charge on any atom is -0.374 e. The molecule has 3 rings (SSSR count). The molecule has 11 heteroatoms. The van der Waals surface area contributed by atoms with Crippen molar-refractivity contribution in [1.29, 1.82) is 0 Å². The van der Waals surface area contributed by atoms with Crippen LogP contribution in [0, 0.1) is 0 Å². The van der Waals surface area contributed by atoms with Crippen molar-refractivity contribution in [3.8, 4) is 11.4 Å². The second-order valence-corrected chi connectivity index (χ2v) is 6.06. The number of alkyl halides is 6. The van der Waals surface area contributed by atoms with Gasteiger partial charge in [-0.2, -0.15) is 31.4 Å². The molecule has 5 nitrogen and oxygen atoms in total. The molecule has 0 aromatic carbocycles.